The van der Waals surface area contributed by atoms with Crippen LogP contribution in [0.5, 0.6) is 0 Å². The SMILES string of the molecule is CCCCOC(=O)[C@H]1C2CC3C(C2=O)C31. The van der Waals surface area contributed by atoms with Crippen LogP contribution < -0.4 is 0 Å². The molecule has 15 heavy (non-hydrogen) atoms. The highest BCUT2D eigenvalue weighted by molar-refractivity contribution is 5.98. The Balaban J connectivity index is 1.61. The maximum atomic E-state index is 11.8. The Morgan fingerprint density at radius 2 is 2.33 bits per heavy atom. The minimum absolute atomic E-state index is 0.0270. The smallest absolute Gasteiger partial charge is 0.309 e. The Kier molecular flexibility index (Phi) is 1.91. The van der Waals surface area contributed by atoms with Crippen molar-refractivity contribution in [1.82, 2.24) is 0 Å². The molecular formula is C12H16O3. The second-order valence-electron chi connectivity index (χ2n) is 5.06. The Bertz CT molecular complexity index is 323. The molecule has 0 aliphatic heterocycles. The van der Waals surface area contributed by atoms with Crippen LogP contribution >= 0.6 is 0 Å². The van der Waals surface area contributed by atoms with Crippen LogP contribution in [-0.4, -0.2) is 18.4 Å². The molecule has 0 saturated heterocycles. The van der Waals surface area contributed by atoms with Crippen molar-refractivity contribution in [3.63, 3.8) is 0 Å². The number of Topliss-reactive ketones (excluding diaryl/α,β-unsaturated/α-hetero) is 1. The van der Waals surface area contributed by atoms with Gasteiger partial charge in [0, 0.05) is 11.8 Å². The molecule has 82 valence electrons. The molecule has 4 aliphatic rings. The third kappa shape index (κ3) is 1.12. The van der Waals surface area contributed by atoms with Gasteiger partial charge in [-0.25, -0.2) is 0 Å². The molecule has 5 atom stereocenters. The summed E-state index contributed by atoms with van der Waals surface area (Å²) in [6.45, 7) is 2.59. The second kappa shape index (κ2) is 3.06. The molecule has 4 bridgehead atoms. The van der Waals surface area contributed by atoms with Crippen LogP contribution in [0.15, 0.2) is 0 Å². The molecule has 0 N–H and O–H groups in total. The molecule has 3 nitrogen and oxygen atoms in total. The maximum Gasteiger partial charge on any atom is 0.309 e. The van der Waals surface area contributed by atoms with Crippen LogP contribution in [0.25, 0.3) is 0 Å². The van der Waals surface area contributed by atoms with Crippen LogP contribution in [0.2, 0.25) is 0 Å². The van der Waals surface area contributed by atoms with Gasteiger partial charge in [0.1, 0.15) is 5.78 Å². The van der Waals surface area contributed by atoms with E-state index in [-0.39, 0.29) is 23.7 Å². The molecule has 4 fully saturated rings. The fraction of sp³-hybridized carbons (Fsp3) is 0.833. The van der Waals surface area contributed by atoms with E-state index in [0.717, 1.165) is 19.3 Å². The lowest BCUT2D eigenvalue weighted by atomic mass is 9.98. The van der Waals surface area contributed by atoms with E-state index in [2.05, 4.69) is 6.92 Å². The minimum Gasteiger partial charge on any atom is -0.465 e. The summed E-state index contributed by atoms with van der Waals surface area (Å²) in [6, 6.07) is 0. The number of rotatable bonds is 4. The van der Waals surface area contributed by atoms with Gasteiger partial charge in [0.2, 0.25) is 0 Å². The van der Waals surface area contributed by atoms with E-state index in [0.29, 0.717) is 24.2 Å². The fourth-order valence-corrected chi connectivity index (χ4v) is 3.58. The van der Waals surface area contributed by atoms with Gasteiger partial charge >= 0.3 is 5.97 Å². The lowest BCUT2D eigenvalue weighted by Crippen LogP contribution is -2.23. The predicted octanol–water partition coefficient (Wildman–Crippen LogP) is 1.41. The van der Waals surface area contributed by atoms with Crippen LogP contribution in [0.4, 0.5) is 0 Å². The molecule has 4 saturated carbocycles. The van der Waals surface area contributed by atoms with E-state index in [1.807, 2.05) is 0 Å². The van der Waals surface area contributed by atoms with Gasteiger partial charge in [-0.2, -0.15) is 0 Å². The van der Waals surface area contributed by atoms with Gasteiger partial charge in [-0.15, -0.1) is 0 Å². The van der Waals surface area contributed by atoms with E-state index in [9.17, 15) is 9.59 Å². The number of ketones is 1. The van der Waals surface area contributed by atoms with Crippen molar-refractivity contribution in [3.8, 4) is 0 Å². The Hall–Kier alpha value is -0.860. The van der Waals surface area contributed by atoms with Gasteiger partial charge in [0.15, 0.2) is 0 Å². The lowest BCUT2D eigenvalue weighted by Gasteiger charge is -2.12. The molecule has 4 unspecified atom stereocenters. The van der Waals surface area contributed by atoms with Crippen molar-refractivity contribution >= 4 is 11.8 Å². The van der Waals surface area contributed by atoms with Gasteiger partial charge in [-0.05, 0) is 24.7 Å². The normalized spacial score (nSPS) is 44.6. The summed E-state index contributed by atoms with van der Waals surface area (Å²) >= 11 is 0. The number of hydrogen-bond acceptors (Lipinski definition) is 3. The summed E-state index contributed by atoms with van der Waals surface area (Å²) in [4.78, 5) is 23.4. The minimum atomic E-state index is -0.103. The number of ether oxygens (including phenoxy) is 1. The number of carbonyl (C=O) groups excluding carboxylic acids is 2. The molecule has 4 aliphatic carbocycles. The zero-order chi connectivity index (χ0) is 10.6. The third-order valence-electron chi connectivity index (χ3n) is 4.31. The quantitative estimate of drug-likeness (QED) is 0.518. The Morgan fingerprint density at radius 3 is 2.80 bits per heavy atom. The number of carbonyl (C=O) groups is 2. The molecule has 4 rings (SSSR count). The van der Waals surface area contributed by atoms with Crippen LogP contribution in [0.3, 0.4) is 0 Å². The van der Waals surface area contributed by atoms with Crippen molar-refractivity contribution in [3.05, 3.63) is 0 Å². The zero-order valence-electron chi connectivity index (χ0n) is 8.94. The largest absolute Gasteiger partial charge is 0.465 e. The molecule has 0 radical (unpaired) electrons. The van der Waals surface area contributed by atoms with E-state index < -0.39 is 0 Å². The molecule has 0 aromatic heterocycles. The van der Waals surface area contributed by atoms with Gasteiger partial charge in [-0.1, -0.05) is 13.3 Å². The van der Waals surface area contributed by atoms with Crippen LogP contribution in [0.1, 0.15) is 26.2 Å². The third-order valence-corrected chi connectivity index (χ3v) is 4.31. The summed E-state index contributed by atoms with van der Waals surface area (Å²) < 4.78 is 5.22. The molecule has 0 amide bonds. The first-order valence-corrected chi connectivity index (χ1v) is 5.96. The molecule has 0 aromatic carbocycles. The van der Waals surface area contributed by atoms with Gasteiger partial charge in [0.05, 0.1) is 12.5 Å². The Labute approximate surface area is 89.2 Å². The van der Waals surface area contributed by atoms with Crippen molar-refractivity contribution in [2.24, 2.45) is 29.6 Å². The van der Waals surface area contributed by atoms with E-state index in [4.69, 9.17) is 4.74 Å². The lowest BCUT2D eigenvalue weighted by molar-refractivity contribution is -0.151. The highest BCUT2D eigenvalue weighted by Gasteiger charge is 2.75. The summed E-state index contributed by atoms with van der Waals surface area (Å²) in [7, 11) is 0. The molecule has 3 heteroatoms. The van der Waals surface area contributed by atoms with Crippen LogP contribution in [-0.2, 0) is 14.3 Å². The molecule has 0 aromatic rings. The number of esters is 1. The van der Waals surface area contributed by atoms with E-state index in [1.54, 1.807) is 0 Å². The number of unbranched alkanes of at least 4 members (excludes halogenated alkanes) is 1. The van der Waals surface area contributed by atoms with E-state index in [1.165, 1.54) is 0 Å². The highest BCUT2D eigenvalue weighted by atomic mass is 16.5. The molecule has 0 spiro atoms. The average Bonchev–Trinajstić information content (AvgIpc) is 2.55. The zero-order valence-corrected chi connectivity index (χ0v) is 8.94. The topological polar surface area (TPSA) is 43.4 Å². The van der Waals surface area contributed by atoms with Crippen molar-refractivity contribution < 1.29 is 14.3 Å². The second-order valence-corrected chi connectivity index (χ2v) is 5.06. The maximum absolute atomic E-state index is 11.8. The summed E-state index contributed by atoms with van der Waals surface area (Å²) in [5.41, 5.74) is 0. The molecule has 0 heterocycles. The average molecular weight is 208 g/mol. The molecular weight excluding hydrogens is 192 g/mol. The first kappa shape index (κ1) is 9.37. The first-order valence-electron chi connectivity index (χ1n) is 5.96. The summed E-state index contributed by atoms with van der Waals surface area (Å²) in [5, 5.41) is 0. The highest BCUT2D eigenvalue weighted by Crippen LogP contribution is 2.71. The summed E-state index contributed by atoms with van der Waals surface area (Å²) in [6.07, 6.45) is 2.92. The monoisotopic (exact) mass is 208 g/mol. The van der Waals surface area contributed by atoms with Crippen molar-refractivity contribution in [2.45, 2.75) is 26.2 Å². The first-order chi connectivity index (χ1) is 7.25. The summed E-state index contributed by atoms with van der Waals surface area (Å²) in [5.74, 6) is 1.38. The van der Waals surface area contributed by atoms with Crippen molar-refractivity contribution in [2.75, 3.05) is 6.61 Å². The van der Waals surface area contributed by atoms with Gasteiger partial charge in [0.25, 0.3) is 0 Å². The van der Waals surface area contributed by atoms with Crippen LogP contribution in [0, 0.1) is 29.6 Å². The Morgan fingerprint density at radius 1 is 1.53 bits per heavy atom. The van der Waals surface area contributed by atoms with Crippen molar-refractivity contribution in [1.29, 1.82) is 0 Å². The van der Waals surface area contributed by atoms with E-state index >= 15 is 0 Å². The fourth-order valence-electron chi connectivity index (χ4n) is 3.58. The number of hydrogen-bond donors (Lipinski definition) is 0. The van der Waals surface area contributed by atoms with Gasteiger partial charge in [-0.3, -0.25) is 9.59 Å². The standard InChI is InChI=1S/C12H16O3/c1-2-3-4-15-12(14)10-7-5-6-8(10)9(6)11(7)13/h6-10H,2-5H2,1H3/t6?,7?,8?,9?,10-/m0/s1. The van der Waals surface area contributed by atoms with Gasteiger partial charge < -0.3 is 4.74 Å². The predicted molar refractivity (Wildman–Crippen MR) is 52.9 cm³/mol.